The number of hydrogen-bond acceptors (Lipinski definition) is 3. The van der Waals surface area contributed by atoms with Gasteiger partial charge >= 0.3 is 0 Å². The molecule has 0 amide bonds. The fourth-order valence-corrected chi connectivity index (χ4v) is 2.97. The highest BCUT2D eigenvalue weighted by Crippen LogP contribution is 2.31. The van der Waals surface area contributed by atoms with E-state index < -0.39 is 0 Å². The number of anilines is 1. The van der Waals surface area contributed by atoms with Crippen LogP contribution in [0.1, 0.15) is 35.5 Å². The van der Waals surface area contributed by atoms with Crippen molar-refractivity contribution in [2.75, 3.05) is 18.5 Å². The Kier molecular flexibility index (Phi) is 3.93. The molecule has 110 valence electrons. The molecule has 21 heavy (non-hydrogen) atoms. The van der Waals surface area contributed by atoms with Gasteiger partial charge < -0.3 is 10.2 Å². The minimum Gasteiger partial charge on any atom is -0.365 e. The number of benzene rings is 1. The number of hydrogen-bond donors (Lipinski definition) is 1. The van der Waals surface area contributed by atoms with Gasteiger partial charge in [-0.3, -0.25) is 4.98 Å². The predicted molar refractivity (Wildman–Crippen MR) is 87.6 cm³/mol. The molecule has 1 N–H and O–H groups in total. The minimum absolute atomic E-state index is 0.405. The molecule has 3 rings (SSSR count). The third-order valence-corrected chi connectivity index (χ3v) is 4.33. The Hall–Kier alpha value is -1.87. The van der Waals surface area contributed by atoms with Crippen molar-refractivity contribution < 1.29 is 0 Å². The number of aromatic nitrogens is 1. The van der Waals surface area contributed by atoms with E-state index in [4.69, 9.17) is 0 Å². The average Bonchev–Trinajstić information content (AvgIpc) is 2.89. The standard InChI is InChI=1S/C18H23N3/c1-13-5-4-6-17(20-13)12-21-10-9-16-11-15(14(2)19-3)7-8-18(16)21/h4-8,11,14,19H,9-10,12H2,1-3H3. The molecule has 1 unspecified atom stereocenters. The van der Waals surface area contributed by atoms with E-state index in [2.05, 4.69) is 52.5 Å². The van der Waals surface area contributed by atoms with Gasteiger partial charge in [0.1, 0.15) is 0 Å². The van der Waals surface area contributed by atoms with E-state index in [1.165, 1.54) is 16.8 Å². The zero-order valence-corrected chi connectivity index (χ0v) is 13.1. The molecule has 3 heteroatoms. The number of nitrogens with zero attached hydrogens (tertiary/aromatic N) is 2. The summed E-state index contributed by atoms with van der Waals surface area (Å²) in [6.07, 6.45) is 1.13. The van der Waals surface area contributed by atoms with Gasteiger partial charge in [0.25, 0.3) is 0 Å². The van der Waals surface area contributed by atoms with Gasteiger partial charge in [0.2, 0.25) is 0 Å². The highest BCUT2D eigenvalue weighted by molar-refractivity contribution is 5.59. The fourth-order valence-electron chi connectivity index (χ4n) is 2.97. The molecule has 3 nitrogen and oxygen atoms in total. The van der Waals surface area contributed by atoms with Crippen molar-refractivity contribution in [3.63, 3.8) is 0 Å². The summed E-state index contributed by atoms with van der Waals surface area (Å²) in [6.45, 7) is 6.23. The van der Waals surface area contributed by atoms with Crippen LogP contribution in [-0.4, -0.2) is 18.6 Å². The first-order valence-electron chi connectivity index (χ1n) is 7.65. The van der Waals surface area contributed by atoms with Crippen molar-refractivity contribution in [2.24, 2.45) is 0 Å². The molecule has 1 aromatic heterocycles. The smallest absolute Gasteiger partial charge is 0.0602 e. The van der Waals surface area contributed by atoms with Gasteiger partial charge in [0.15, 0.2) is 0 Å². The molecule has 2 aromatic rings. The quantitative estimate of drug-likeness (QED) is 0.932. The van der Waals surface area contributed by atoms with E-state index >= 15 is 0 Å². The van der Waals surface area contributed by atoms with Crippen molar-refractivity contribution in [2.45, 2.75) is 32.9 Å². The van der Waals surface area contributed by atoms with Crippen LogP contribution in [0.4, 0.5) is 5.69 Å². The topological polar surface area (TPSA) is 28.2 Å². The van der Waals surface area contributed by atoms with Gasteiger partial charge in [-0.1, -0.05) is 18.2 Å². The Morgan fingerprint density at radius 1 is 1.29 bits per heavy atom. The van der Waals surface area contributed by atoms with E-state index in [0.29, 0.717) is 6.04 Å². The molecule has 1 aliphatic heterocycles. The summed E-state index contributed by atoms with van der Waals surface area (Å²) in [6, 6.07) is 13.5. The fraction of sp³-hybridized carbons (Fsp3) is 0.389. The van der Waals surface area contributed by atoms with E-state index in [1.54, 1.807) is 0 Å². The summed E-state index contributed by atoms with van der Waals surface area (Å²) in [5.41, 5.74) is 6.43. The maximum atomic E-state index is 4.62. The molecule has 1 aromatic carbocycles. The Bertz CT molecular complexity index is 636. The van der Waals surface area contributed by atoms with E-state index in [-0.39, 0.29) is 0 Å². The Balaban J connectivity index is 1.81. The number of pyridine rings is 1. The maximum Gasteiger partial charge on any atom is 0.0602 e. The Labute approximate surface area is 127 Å². The third-order valence-electron chi connectivity index (χ3n) is 4.33. The van der Waals surface area contributed by atoms with Crippen LogP contribution in [0.15, 0.2) is 36.4 Å². The second-order valence-electron chi connectivity index (χ2n) is 5.84. The summed E-state index contributed by atoms with van der Waals surface area (Å²) in [4.78, 5) is 7.05. The molecule has 1 aliphatic rings. The Morgan fingerprint density at radius 2 is 2.14 bits per heavy atom. The lowest BCUT2D eigenvalue weighted by Gasteiger charge is -2.20. The first-order chi connectivity index (χ1) is 10.2. The van der Waals surface area contributed by atoms with Crippen LogP contribution >= 0.6 is 0 Å². The van der Waals surface area contributed by atoms with Crippen LogP contribution in [-0.2, 0) is 13.0 Å². The van der Waals surface area contributed by atoms with Crippen LogP contribution in [0.25, 0.3) is 0 Å². The van der Waals surface area contributed by atoms with Gasteiger partial charge in [-0.2, -0.15) is 0 Å². The van der Waals surface area contributed by atoms with Crippen molar-refractivity contribution in [3.05, 3.63) is 58.9 Å². The van der Waals surface area contributed by atoms with Gasteiger partial charge in [-0.15, -0.1) is 0 Å². The normalized spacial score (nSPS) is 15.1. The zero-order chi connectivity index (χ0) is 14.8. The molecule has 0 spiro atoms. The van der Waals surface area contributed by atoms with Gasteiger partial charge in [0.05, 0.1) is 12.2 Å². The summed E-state index contributed by atoms with van der Waals surface area (Å²) >= 11 is 0. The molecular formula is C18H23N3. The molecule has 0 radical (unpaired) electrons. The highest BCUT2D eigenvalue weighted by Gasteiger charge is 2.20. The second-order valence-corrected chi connectivity index (χ2v) is 5.84. The molecule has 0 aliphatic carbocycles. The summed E-state index contributed by atoms with van der Waals surface area (Å²) in [7, 11) is 2.01. The summed E-state index contributed by atoms with van der Waals surface area (Å²) in [5.74, 6) is 0. The van der Waals surface area contributed by atoms with Crippen LogP contribution in [0.2, 0.25) is 0 Å². The molecule has 1 atom stereocenters. The maximum absolute atomic E-state index is 4.62. The van der Waals surface area contributed by atoms with Crippen LogP contribution < -0.4 is 10.2 Å². The monoisotopic (exact) mass is 281 g/mol. The number of aryl methyl sites for hydroxylation is 1. The second kappa shape index (κ2) is 5.86. The van der Waals surface area contributed by atoms with E-state index in [1.807, 2.05) is 20.0 Å². The number of fused-ring (bicyclic) bond motifs is 1. The highest BCUT2D eigenvalue weighted by atomic mass is 15.2. The lowest BCUT2D eigenvalue weighted by molar-refractivity contribution is 0.652. The third kappa shape index (κ3) is 2.93. The molecule has 0 saturated heterocycles. The molecular weight excluding hydrogens is 258 g/mol. The van der Waals surface area contributed by atoms with E-state index in [0.717, 1.165) is 30.9 Å². The van der Waals surface area contributed by atoms with E-state index in [9.17, 15) is 0 Å². The van der Waals surface area contributed by atoms with Crippen LogP contribution in [0.3, 0.4) is 0 Å². The zero-order valence-electron chi connectivity index (χ0n) is 13.1. The molecule has 0 bridgehead atoms. The lowest BCUT2D eigenvalue weighted by atomic mass is 10.0. The molecule has 0 saturated carbocycles. The van der Waals surface area contributed by atoms with Crippen molar-refractivity contribution >= 4 is 5.69 Å². The van der Waals surface area contributed by atoms with Crippen molar-refractivity contribution in [1.82, 2.24) is 10.3 Å². The lowest BCUT2D eigenvalue weighted by Crippen LogP contribution is -2.20. The summed E-state index contributed by atoms with van der Waals surface area (Å²) in [5, 5.41) is 3.31. The minimum atomic E-state index is 0.405. The number of nitrogens with one attached hydrogen (secondary N) is 1. The average molecular weight is 281 g/mol. The largest absolute Gasteiger partial charge is 0.365 e. The van der Waals surface area contributed by atoms with Gasteiger partial charge in [-0.05, 0) is 56.6 Å². The predicted octanol–water partition coefficient (Wildman–Crippen LogP) is 3.23. The van der Waals surface area contributed by atoms with Crippen LogP contribution in [0, 0.1) is 6.92 Å². The number of rotatable bonds is 4. The summed E-state index contributed by atoms with van der Waals surface area (Å²) < 4.78 is 0. The van der Waals surface area contributed by atoms with Crippen LogP contribution in [0.5, 0.6) is 0 Å². The SMILES string of the molecule is CNC(C)c1ccc2c(c1)CCN2Cc1cccc(C)n1. The first-order valence-corrected chi connectivity index (χ1v) is 7.65. The van der Waals surface area contributed by atoms with Gasteiger partial charge in [-0.25, -0.2) is 0 Å². The first kappa shape index (κ1) is 14.1. The van der Waals surface area contributed by atoms with Gasteiger partial charge in [0, 0.05) is 24.0 Å². The molecule has 2 heterocycles. The Morgan fingerprint density at radius 3 is 2.90 bits per heavy atom. The van der Waals surface area contributed by atoms with Crippen molar-refractivity contribution in [1.29, 1.82) is 0 Å². The van der Waals surface area contributed by atoms with Crippen molar-refractivity contribution in [3.8, 4) is 0 Å². The molecule has 0 fully saturated rings.